The largest absolute Gasteiger partial charge is 0.475 e. The van der Waals surface area contributed by atoms with Gasteiger partial charge in [-0.3, -0.25) is 0 Å². The fraction of sp³-hybridized carbons (Fsp3) is 0.500. The predicted octanol–water partition coefficient (Wildman–Crippen LogP) is 1.13. The number of rotatable bonds is 5. The molecule has 9 heteroatoms. The highest BCUT2D eigenvalue weighted by molar-refractivity contribution is 9.10. The van der Waals surface area contributed by atoms with Crippen LogP contribution >= 0.6 is 15.9 Å². The van der Waals surface area contributed by atoms with Gasteiger partial charge < -0.3 is 14.6 Å². The second-order valence-corrected chi connectivity index (χ2v) is 7.15. The SMILES string of the molecule is CN(C(C)(C)CO)S(=O)(=O)c1cc(C(=O)O)oc1Br. The highest BCUT2D eigenvalue weighted by atomic mass is 79.9. The summed E-state index contributed by atoms with van der Waals surface area (Å²) in [5, 5.41) is 18.0. The first-order valence-electron chi connectivity index (χ1n) is 5.16. The number of furan rings is 1. The van der Waals surface area contributed by atoms with Gasteiger partial charge in [-0.05, 0) is 29.8 Å². The van der Waals surface area contributed by atoms with Gasteiger partial charge in [0.1, 0.15) is 4.90 Å². The number of sulfonamides is 1. The summed E-state index contributed by atoms with van der Waals surface area (Å²) in [7, 11) is -2.69. The van der Waals surface area contributed by atoms with E-state index in [2.05, 4.69) is 15.9 Å². The van der Waals surface area contributed by atoms with Crippen LogP contribution in [0.1, 0.15) is 24.4 Å². The van der Waals surface area contributed by atoms with Crippen molar-refractivity contribution in [3.05, 3.63) is 16.5 Å². The summed E-state index contributed by atoms with van der Waals surface area (Å²) in [4.78, 5) is 10.5. The van der Waals surface area contributed by atoms with Gasteiger partial charge >= 0.3 is 5.97 Å². The zero-order valence-electron chi connectivity index (χ0n) is 10.5. The average Bonchev–Trinajstić information content (AvgIpc) is 2.71. The maximum absolute atomic E-state index is 12.3. The first kappa shape index (κ1) is 16.2. The molecule has 1 heterocycles. The predicted molar refractivity (Wildman–Crippen MR) is 69.5 cm³/mol. The molecule has 2 N–H and O–H groups in total. The Balaban J connectivity index is 3.32. The molecule has 7 nitrogen and oxygen atoms in total. The summed E-state index contributed by atoms with van der Waals surface area (Å²) < 4.78 is 30.2. The van der Waals surface area contributed by atoms with Gasteiger partial charge in [0.05, 0.1) is 12.1 Å². The lowest BCUT2D eigenvalue weighted by molar-refractivity contribution is 0.0661. The lowest BCUT2D eigenvalue weighted by Gasteiger charge is -2.32. The van der Waals surface area contributed by atoms with Crippen molar-refractivity contribution in [2.45, 2.75) is 24.3 Å². The molecule has 0 unspecified atom stereocenters. The third-order valence-corrected chi connectivity index (χ3v) is 5.67. The number of carbonyl (C=O) groups is 1. The smallest absolute Gasteiger partial charge is 0.371 e. The third kappa shape index (κ3) is 2.99. The number of halogens is 1. The van der Waals surface area contributed by atoms with Crippen LogP contribution in [0.3, 0.4) is 0 Å². The summed E-state index contributed by atoms with van der Waals surface area (Å²) in [6.45, 7) is 2.69. The quantitative estimate of drug-likeness (QED) is 0.819. The maximum Gasteiger partial charge on any atom is 0.371 e. The Bertz CT molecular complexity index is 591. The van der Waals surface area contributed by atoms with E-state index in [1.54, 1.807) is 0 Å². The average molecular weight is 356 g/mol. The van der Waals surface area contributed by atoms with E-state index >= 15 is 0 Å². The number of nitrogens with zero attached hydrogens (tertiary/aromatic N) is 1. The van der Waals surface area contributed by atoms with Crippen LogP contribution in [0.4, 0.5) is 0 Å². The molecule has 1 aromatic rings. The fourth-order valence-electron chi connectivity index (χ4n) is 1.21. The molecule has 0 fully saturated rings. The number of carboxylic acid groups (broad SMARTS) is 1. The topological polar surface area (TPSA) is 108 Å². The first-order chi connectivity index (χ1) is 8.54. The van der Waals surface area contributed by atoms with Crippen molar-refractivity contribution in [1.29, 1.82) is 0 Å². The molecular weight excluding hydrogens is 342 g/mol. The van der Waals surface area contributed by atoms with Crippen molar-refractivity contribution in [3.8, 4) is 0 Å². The Morgan fingerprint density at radius 3 is 2.42 bits per heavy atom. The number of aromatic carboxylic acids is 1. The van der Waals surface area contributed by atoms with Crippen LogP contribution in [0.5, 0.6) is 0 Å². The van der Waals surface area contributed by atoms with Gasteiger partial charge in [-0.2, -0.15) is 4.31 Å². The monoisotopic (exact) mass is 355 g/mol. The van der Waals surface area contributed by atoms with Gasteiger partial charge in [-0.1, -0.05) is 0 Å². The van der Waals surface area contributed by atoms with E-state index in [1.165, 1.54) is 20.9 Å². The van der Waals surface area contributed by atoms with Crippen molar-refractivity contribution < 1.29 is 27.8 Å². The maximum atomic E-state index is 12.3. The van der Waals surface area contributed by atoms with Crippen molar-refractivity contribution >= 4 is 31.9 Å². The van der Waals surface area contributed by atoms with Crippen LogP contribution < -0.4 is 0 Å². The van der Waals surface area contributed by atoms with Gasteiger partial charge in [-0.25, -0.2) is 13.2 Å². The number of hydrogen-bond donors (Lipinski definition) is 2. The fourth-order valence-corrected chi connectivity index (χ4v) is 3.61. The molecule has 0 saturated carbocycles. The highest BCUT2D eigenvalue weighted by Crippen LogP contribution is 2.31. The van der Waals surface area contributed by atoms with Gasteiger partial charge in [0, 0.05) is 13.1 Å². The summed E-state index contributed by atoms with van der Waals surface area (Å²) in [5.74, 6) is -1.85. The van der Waals surface area contributed by atoms with Crippen LogP contribution in [0.25, 0.3) is 0 Å². The normalized spacial score (nSPS) is 12.9. The molecule has 0 radical (unpaired) electrons. The summed E-state index contributed by atoms with van der Waals surface area (Å²) >= 11 is 2.88. The molecule has 0 aliphatic carbocycles. The van der Waals surface area contributed by atoms with E-state index < -0.39 is 27.3 Å². The van der Waals surface area contributed by atoms with Crippen LogP contribution in [-0.2, 0) is 10.0 Å². The van der Waals surface area contributed by atoms with Gasteiger partial charge in [-0.15, -0.1) is 0 Å². The van der Waals surface area contributed by atoms with Crippen molar-refractivity contribution in [1.82, 2.24) is 4.31 Å². The molecule has 0 spiro atoms. The van der Waals surface area contributed by atoms with Gasteiger partial charge in [0.2, 0.25) is 15.8 Å². The van der Waals surface area contributed by atoms with Gasteiger partial charge in [0.25, 0.3) is 0 Å². The van der Waals surface area contributed by atoms with Crippen molar-refractivity contribution in [2.24, 2.45) is 0 Å². The molecule has 1 rings (SSSR count). The van der Waals surface area contributed by atoms with Crippen molar-refractivity contribution in [3.63, 3.8) is 0 Å². The van der Waals surface area contributed by atoms with E-state index in [4.69, 9.17) is 9.52 Å². The van der Waals surface area contributed by atoms with Crippen LogP contribution in [0.2, 0.25) is 0 Å². The number of likely N-dealkylation sites (N-methyl/N-ethyl adjacent to an activating group) is 1. The number of aliphatic hydroxyl groups excluding tert-OH is 1. The van der Waals surface area contributed by atoms with E-state index in [0.29, 0.717) is 0 Å². The third-order valence-electron chi connectivity index (χ3n) is 2.74. The Kier molecular flexibility index (Phi) is 4.45. The lowest BCUT2D eigenvalue weighted by Crippen LogP contribution is -2.47. The molecule has 0 saturated heterocycles. The molecular formula is C10H14BrNO6S. The molecule has 0 bridgehead atoms. The Morgan fingerprint density at radius 1 is 1.53 bits per heavy atom. The summed E-state index contributed by atoms with van der Waals surface area (Å²) in [5.41, 5.74) is -1.03. The molecule has 0 aliphatic heterocycles. The molecule has 0 aliphatic rings. The summed E-state index contributed by atoms with van der Waals surface area (Å²) in [6, 6.07) is 0.922. The van der Waals surface area contributed by atoms with E-state index in [1.807, 2.05) is 0 Å². The highest BCUT2D eigenvalue weighted by Gasteiger charge is 2.36. The minimum atomic E-state index is -3.98. The van der Waals surface area contributed by atoms with Crippen LogP contribution in [0, 0.1) is 0 Å². The Labute approximate surface area is 119 Å². The second-order valence-electron chi connectivity index (χ2n) is 4.50. The van der Waals surface area contributed by atoms with E-state index in [0.717, 1.165) is 10.4 Å². The number of carboxylic acids is 1. The van der Waals surface area contributed by atoms with Crippen LogP contribution in [0.15, 0.2) is 20.0 Å². The molecule has 0 aromatic carbocycles. The number of hydrogen-bond acceptors (Lipinski definition) is 5. The zero-order valence-corrected chi connectivity index (χ0v) is 12.9. The zero-order chi connectivity index (χ0) is 15.0. The summed E-state index contributed by atoms with van der Waals surface area (Å²) in [6.07, 6.45) is 0. The number of aliphatic hydroxyl groups is 1. The molecule has 0 amide bonds. The van der Waals surface area contributed by atoms with E-state index in [-0.39, 0.29) is 16.2 Å². The van der Waals surface area contributed by atoms with Crippen molar-refractivity contribution in [2.75, 3.05) is 13.7 Å². The molecule has 1 aromatic heterocycles. The molecule has 0 atom stereocenters. The van der Waals surface area contributed by atoms with Gasteiger partial charge in [0.15, 0.2) is 4.67 Å². The Morgan fingerprint density at radius 2 is 2.05 bits per heavy atom. The minimum absolute atomic E-state index is 0.189. The minimum Gasteiger partial charge on any atom is -0.475 e. The lowest BCUT2D eigenvalue weighted by atomic mass is 10.1. The molecule has 108 valence electrons. The van der Waals surface area contributed by atoms with E-state index in [9.17, 15) is 18.3 Å². The molecule has 19 heavy (non-hydrogen) atoms. The second kappa shape index (κ2) is 5.23. The Hall–Kier alpha value is -0.900. The van der Waals surface area contributed by atoms with Crippen LogP contribution in [-0.4, -0.2) is 48.1 Å². The standard InChI is InChI=1S/C10H14BrNO6S/c1-10(2,5-13)12(3)19(16,17)7-4-6(9(14)15)18-8(7)11/h4,13H,5H2,1-3H3,(H,14,15). The first-order valence-corrected chi connectivity index (χ1v) is 7.40.